The Bertz CT molecular complexity index is 808. The van der Waals surface area contributed by atoms with Crippen molar-refractivity contribution in [3.8, 4) is 0 Å². The average molecular weight is 401 g/mol. The van der Waals surface area contributed by atoms with E-state index in [2.05, 4.69) is 15.8 Å². The molecule has 6 nitrogen and oxygen atoms in total. The zero-order valence-corrected chi connectivity index (χ0v) is 15.4. The number of amides is 2. The van der Waals surface area contributed by atoms with Gasteiger partial charge in [0.25, 0.3) is 0 Å². The highest BCUT2D eigenvalue weighted by Gasteiger charge is 2.30. The molecule has 146 valence electrons. The molecule has 2 N–H and O–H groups in total. The van der Waals surface area contributed by atoms with Gasteiger partial charge in [0, 0.05) is 6.07 Å². The van der Waals surface area contributed by atoms with Gasteiger partial charge in [-0.05, 0) is 31.5 Å². The van der Waals surface area contributed by atoms with Gasteiger partial charge in [0.2, 0.25) is 11.8 Å². The molecule has 0 aliphatic rings. The fourth-order valence-corrected chi connectivity index (χ4v) is 2.82. The summed E-state index contributed by atoms with van der Waals surface area (Å²) in [5.74, 6) is 0.148. The number of anilines is 1. The molecule has 1 aromatic carbocycles. The summed E-state index contributed by atoms with van der Waals surface area (Å²) >= 11 is 1.08. The van der Waals surface area contributed by atoms with E-state index in [4.69, 9.17) is 4.52 Å². The molecule has 1 atom stereocenters. The first-order valence-electron chi connectivity index (χ1n) is 7.92. The van der Waals surface area contributed by atoms with Crippen LogP contribution in [0.25, 0.3) is 0 Å². The van der Waals surface area contributed by atoms with Crippen LogP contribution in [0.4, 0.5) is 19.0 Å². The van der Waals surface area contributed by atoms with Crippen LogP contribution in [-0.4, -0.2) is 28.5 Å². The lowest BCUT2D eigenvalue weighted by Gasteiger charge is -2.16. The van der Waals surface area contributed by atoms with Crippen LogP contribution in [-0.2, 0) is 15.8 Å². The lowest BCUT2D eigenvalue weighted by molar-refractivity contribution is -0.137. The van der Waals surface area contributed by atoms with Crippen molar-refractivity contribution in [2.75, 3.05) is 16.8 Å². The quantitative estimate of drug-likeness (QED) is 0.741. The van der Waals surface area contributed by atoms with E-state index in [1.54, 1.807) is 19.9 Å². The maximum atomic E-state index is 12.8. The summed E-state index contributed by atoms with van der Waals surface area (Å²) in [6.45, 7) is 3.28. The normalized spacial score (nSPS) is 12.5. The number of hydrogen-bond acceptors (Lipinski definition) is 5. The third-order valence-electron chi connectivity index (χ3n) is 3.45. The Labute approximate surface area is 157 Å². The number of nitrogens with zero attached hydrogens (tertiary/aromatic N) is 1. The second kappa shape index (κ2) is 8.94. The van der Waals surface area contributed by atoms with Crippen molar-refractivity contribution in [1.29, 1.82) is 0 Å². The molecule has 0 spiro atoms. The van der Waals surface area contributed by atoms with Crippen molar-refractivity contribution >= 4 is 29.4 Å². The number of aryl methyl sites for hydroxylation is 1. The number of nitrogens with one attached hydrogen (secondary N) is 2. The van der Waals surface area contributed by atoms with Gasteiger partial charge < -0.3 is 15.2 Å². The fraction of sp³-hybridized carbons (Fsp3) is 0.353. The number of alkyl halides is 3. The first-order chi connectivity index (χ1) is 12.6. The lowest BCUT2D eigenvalue weighted by Crippen LogP contribution is -2.29. The molecule has 0 bridgehead atoms. The molecule has 1 unspecified atom stereocenters. The predicted molar refractivity (Wildman–Crippen MR) is 95.2 cm³/mol. The summed E-state index contributed by atoms with van der Waals surface area (Å²) in [5.41, 5.74) is -0.419. The Hall–Kier alpha value is -2.49. The summed E-state index contributed by atoms with van der Waals surface area (Å²) in [5, 5.41) is 8.76. The van der Waals surface area contributed by atoms with Crippen LogP contribution < -0.4 is 10.6 Å². The van der Waals surface area contributed by atoms with E-state index in [-0.39, 0.29) is 23.3 Å². The fourth-order valence-electron chi connectivity index (χ4n) is 2.19. The molecule has 2 aromatic rings. The molecule has 2 rings (SSSR count). The summed E-state index contributed by atoms with van der Waals surface area (Å²) in [6.07, 6.45) is -4.44. The second-order valence-corrected chi connectivity index (χ2v) is 6.76. The highest BCUT2D eigenvalue weighted by atomic mass is 32.2. The largest absolute Gasteiger partial charge is 0.416 e. The minimum absolute atomic E-state index is 0.00539. The van der Waals surface area contributed by atoms with E-state index >= 15 is 0 Å². The van der Waals surface area contributed by atoms with Gasteiger partial charge in [-0.25, -0.2) is 0 Å². The van der Waals surface area contributed by atoms with Crippen LogP contribution >= 0.6 is 11.8 Å². The molecule has 1 heterocycles. The Morgan fingerprint density at radius 2 is 1.93 bits per heavy atom. The van der Waals surface area contributed by atoms with Gasteiger partial charge in [-0.15, -0.1) is 11.8 Å². The Morgan fingerprint density at radius 3 is 2.56 bits per heavy atom. The Balaban J connectivity index is 1.77. The summed E-state index contributed by atoms with van der Waals surface area (Å²) in [7, 11) is 0. The molecular weight excluding hydrogens is 383 g/mol. The first-order valence-corrected chi connectivity index (χ1v) is 9.08. The number of halogens is 3. The van der Waals surface area contributed by atoms with Gasteiger partial charge in [-0.3, -0.25) is 9.59 Å². The zero-order valence-electron chi connectivity index (χ0n) is 14.6. The zero-order chi connectivity index (χ0) is 20.0. The Morgan fingerprint density at radius 1 is 1.22 bits per heavy atom. The van der Waals surface area contributed by atoms with Crippen molar-refractivity contribution in [3.05, 3.63) is 47.2 Å². The molecular formula is C17H18F3N3O3S. The van der Waals surface area contributed by atoms with Gasteiger partial charge >= 0.3 is 6.18 Å². The van der Waals surface area contributed by atoms with Crippen molar-refractivity contribution in [1.82, 2.24) is 10.5 Å². The molecule has 0 radical (unpaired) electrons. The Kier molecular flexibility index (Phi) is 6.89. The molecule has 0 saturated heterocycles. The predicted octanol–water partition coefficient (Wildman–Crippen LogP) is 3.55. The molecule has 0 fully saturated rings. The van der Waals surface area contributed by atoms with Crippen molar-refractivity contribution in [3.63, 3.8) is 0 Å². The SMILES string of the molecule is Cc1cc(NC(=O)CSCC(=O)NC(C)c2cccc(C(F)(F)F)c2)no1. The number of carbonyl (C=O) groups excluding carboxylic acids is 2. The van der Waals surface area contributed by atoms with Crippen molar-refractivity contribution in [2.45, 2.75) is 26.1 Å². The highest BCUT2D eigenvalue weighted by Crippen LogP contribution is 2.30. The number of aromatic nitrogens is 1. The van der Waals surface area contributed by atoms with Gasteiger partial charge in [0.1, 0.15) is 5.76 Å². The number of hydrogen-bond donors (Lipinski definition) is 2. The van der Waals surface area contributed by atoms with Gasteiger partial charge in [0.05, 0.1) is 23.1 Å². The third kappa shape index (κ3) is 6.63. The number of carbonyl (C=O) groups is 2. The second-order valence-electron chi connectivity index (χ2n) is 5.78. The summed E-state index contributed by atoms with van der Waals surface area (Å²) in [6, 6.07) is 5.76. The molecule has 1 aromatic heterocycles. The van der Waals surface area contributed by atoms with Gasteiger partial charge in [-0.2, -0.15) is 13.2 Å². The van der Waals surface area contributed by atoms with Crippen LogP contribution in [0.15, 0.2) is 34.9 Å². The van der Waals surface area contributed by atoms with Crippen LogP contribution in [0.3, 0.4) is 0 Å². The topological polar surface area (TPSA) is 84.2 Å². The highest BCUT2D eigenvalue weighted by molar-refractivity contribution is 8.00. The van der Waals surface area contributed by atoms with E-state index in [1.807, 2.05) is 0 Å². The van der Waals surface area contributed by atoms with Crippen LogP contribution in [0.1, 0.15) is 29.9 Å². The molecule has 27 heavy (non-hydrogen) atoms. The smallest absolute Gasteiger partial charge is 0.360 e. The molecule has 10 heteroatoms. The van der Waals surface area contributed by atoms with Crippen molar-refractivity contribution < 1.29 is 27.3 Å². The van der Waals surface area contributed by atoms with Crippen LogP contribution in [0, 0.1) is 6.92 Å². The van der Waals surface area contributed by atoms with Crippen LogP contribution in [0.2, 0.25) is 0 Å². The molecule has 0 saturated carbocycles. The van der Waals surface area contributed by atoms with E-state index < -0.39 is 17.8 Å². The lowest BCUT2D eigenvalue weighted by atomic mass is 10.0. The number of rotatable bonds is 7. The molecule has 0 aliphatic heterocycles. The van der Waals surface area contributed by atoms with E-state index in [9.17, 15) is 22.8 Å². The van der Waals surface area contributed by atoms with E-state index in [0.29, 0.717) is 17.1 Å². The van der Waals surface area contributed by atoms with Crippen molar-refractivity contribution in [2.24, 2.45) is 0 Å². The maximum absolute atomic E-state index is 12.8. The summed E-state index contributed by atoms with van der Waals surface area (Å²) < 4.78 is 43.1. The van der Waals surface area contributed by atoms with Gasteiger partial charge in [-0.1, -0.05) is 17.3 Å². The van der Waals surface area contributed by atoms with E-state index in [0.717, 1.165) is 23.9 Å². The summed E-state index contributed by atoms with van der Waals surface area (Å²) in [4.78, 5) is 23.7. The number of benzene rings is 1. The molecule has 2 amide bonds. The first kappa shape index (κ1) is 20.8. The number of thioether (sulfide) groups is 1. The monoisotopic (exact) mass is 401 g/mol. The minimum Gasteiger partial charge on any atom is -0.360 e. The van der Waals surface area contributed by atoms with Gasteiger partial charge in [0.15, 0.2) is 5.82 Å². The standard InChI is InChI=1S/C17H18F3N3O3S/c1-10-6-14(23-26-10)22-16(25)9-27-8-15(24)21-11(2)12-4-3-5-13(7-12)17(18,19)20/h3-7,11H,8-9H2,1-2H3,(H,21,24)(H,22,23,25). The van der Waals surface area contributed by atoms with E-state index in [1.165, 1.54) is 12.1 Å². The third-order valence-corrected chi connectivity index (χ3v) is 4.39. The minimum atomic E-state index is -4.44. The van der Waals surface area contributed by atoms with Crippen LogP contribution in [0.5, 0.6) is 0 Å². The maximum Gasteiger partial charge on any atom is 0.416 e. The molecule has 0 aliphatic carbocycles. The average Bonchev–Trinajstić information content (AvgIpc) is 2.99.